The van der Waals surface area contributed by atoms with Crippen LogP contribution in [-0.2, 0) is 11.3 Å². The third kappa shape index (κ3) is 4.14. The van der Waals surface area contributed by atoms with Crippen molar-refractivity contribution in [3.63, 3.8) is 0 Å². The fourth-order valence-corrected chi connectivity index (χ4v) is 2.54. The lowest BCUT2D eigenvalue weighted by Gasteiger charge is -2.11. The van der Waals surface area contributed by atoms with Gasteiger partial charge in [-0.2, -0.15) is 5.10 Å². The number of benzene rings is 1. The van der Waals surface area contributed by atoms with Crippen LogP contribution in [0.3, 0.4) is 0 Å². The van der Waals surface area contributed by atoms with E-state index in [0.29, 0.717) is 25.3 Å². The van der Waals surface area contributed by atoms with Gasteiger partial charge in [0.25, 0.3) is 5.56 Å². The van der Waals surface area contributed by atoms with Gasteiger partial charge in [0, 0.05) is 19.0 Å². The van der Waals surface area contributed by atoms with Crippen molar-refractivity contribution in [3.05, 3.63) is 57.5 Å². The third-order valence-corrected chi connectivity index (χ3v) is 4.21. The van der Waals surface area contributed by atoms with E-state index in [1.54, 1.807) is 0 Å². The van der Waals surface area contributed by atoms with Gasteiger partial charge >= 0.3 is 0 Å². The molecule has 6 nitrogen and oxygen atoms in total. The first-order valence-electron chi connectivity index (χ1n) is 7.96. The van der Waals surface area contributed by atoms with Crippen LogP contribution in [0.5, 0.6) is 0 Å². The van der Waals surface area contributed by atoms with Crippen LogP contribution in [0.2, 0.25) is 5.02 Å². The van der Waals surface area contributed by atoms with Crippen molar-refractivity contribution in [2.24, 2.45) is 5.92 Å². The highest BCUT2D eigenvalue weighted by Gasteiger charge is 2.28. The molecule has 1 fully saturated rings. The first-order valence-corrected chi connectivity index (χ1v) is 8.34. The first kappa shape index (κ1) is 16.5. The number of anilines is 1. The van der Waals surface area contributed by atoms with Gasteiger partial charge in [0.1, 0.15) is 5.02 Å². The van der Waals surface area contributed by atoms with Crippen molar-refractivity contribution in [1.29, 1.82) is 0 Å². The molecule has 1 saturated carbocycles. The Morgan fingerprint density at radius 3 is 2.71 bits per heavy atom. The van der Waals surface area contributed by atoms with Gasteiger partial charge in [-0.05, 0) is 18.4 Å². The number of rotatable bonds is 7. The second-order valence-corrected chi connectivity index (χ2v) is 6.19. The number of carbonyl (C=O) groups excluding carboxylic acids is 1. The molecule has 2 aromatic rings. The Bertz CT molecular complexity index is 772. The van der Waals surface area contributed by atoms with Gasteiger partial charge in [-0.3, -0.25) is 9.59 Å². The van der Waals surface area contributed by atoms with Crippen molar-refractivity contribution in [2.75, 3.05) is 18.4 Å². The Hall–Kier alpha value is -2.34. The molecule has 1 aliphatic carbocycles. The molecule has 7 heteroatoms. The summed E-state index contributed by atoms with van der Waals surface area (Å²) in [4.78, 5) is 23.8. The number of aromatic nitrogens is 2. The summed E-state index contributed by atoms with van der Waals surface area (Å²) in [5.74, 6) is 0.288. The lowest BCUT2D eigenvalue weighted by molar-refractivity contribution is -0.122. The number of hydrogen-bond donors (Lipinski definition) is 2. The van der Waals surface area contributed by atoms with E-state index in [1.165, 1.54) is 10.9 Å². The van der Waals surface area contributed by atoms with Crippen LogP contribution in [0.15, 0.2) is 41.3 Å². The quantitative estimate of drug-likeness (QED) is 0.751. The zero-order valence-electron chi connectivity index (χ0n) is 13.2. The Labute approximate surface area is 144 Å². The summed E-state index contributed by atoms with van der Waals surface area (Å²) in [5, 5.41) is 10.1. The fraction of sp³-hybridized carbons (Fsp3) is 0.353. The summed E-state index contributed by atoms with van der Waals surface area (Å²) in [5.41, 5.74) is 1.12. The summed E-state index contributed by atoms with van der Waals surface area (Å²) >= 11 is 6.14. The van der Waals surface area contributed by atoms with E-state index in [0.717, 1.165) is 18.4 Å². The maximum absolute atomic E-state index is 12.3. The molecule has 0 spiro atoms. The molecule has 0 bridgehead atoms. The van der Waals surface area contributed by atoms with E-state index in [2.05, 4.69) is 15.7 Å². The van der Waals surface area contributed by atoms with Crippen molar-refractivity contribution in [3.8, 4) is 0 Å². The summed E-state index contributed by atoms with van der Waals surface area (Å²) in [7, 11) is 0. The highest BCUT2D eigenvalue weighted by molar-refractivity contribution is 6.32. The van der Waals surface area contributed by atoms with Crippen LogP contribution in [0.25, 0.3) is 0 Å². The Morgan fingerprint density at radius 1 is 1.25 bits per heavy atom. The molecule has 0 atom stereocenters. The van der Waals surface area contributed by atoms with E-state index in [1.807, 2.05) is 30.3 Å². The van der Waals surface area contributed by atoms with Crippen molar-refractivity contribution in [1.82, 2.24) is 15.1 Å². The summed E-state index contributed by atoms with van der Waals surface area (Å²) in [6.45, 7) is 1.35. The highest BCUT2D eigenvalue weighted by Crippen LogP contribution is 2.28. The molecule has 24 heavy (non-hydrogen) atoms. The SMILES string of the molecule is O=C(NCCNc1cnn(Cc2ccccc2)c(=O)c1Cl)C1CC1. The molecule has 1 heterocycles. The second-order valence-electron chi connectivity index (χ2n) is 5.81. The summed E-state index contributed by atoms with van der Waals surface area (Å²) in [6, 6.07) is 9.59. The van der Waals surface area contributed by atoms with Gasteiger partial charge in [-0.1, -0.05) is 41.9 Å². The van der Waals surface area contributed by atoms with Gasteiger partial charge < -0.3 is 10.6 Å². The van der Waals surface area contributed by atoms with Crippen LogP contribution in [0, 0.1) is 5.92 Å². The Kier molecular flexibility index (Phi) is 5.15. The minimum atomic E-state index is -0.340. The second kappa shape index (κ2) is 7.49. The highest BCUT2D eigenvalue weighted by atomic mass is 35.5. The third-order valence-electron chi connectivity index (χ3n) is 3.85. The number of hydrogen-bond acceptors (Lipinski definition) is 4. The molecular formula is C17H19ClN4O2. The molecule has 1 amide bonds. The normalized spacial score (nSPS) is 13.5. The van der Waals surface area contributed by atoms with Crippen LogP contribution in [-0.4, -0.2) is 28.8 Å². The van der Waals surface area contributed by atoms with E-state index in [4.69, 9.17) is 11.6 Å². The number of halogens is 1. The zero-order chi connectivity index (χ0) is 16.9. The lowest BCUT2D eigenvalue weighted by atomic mass is 10.2. The Balaban J connectivity index is 1.57. The average Bonchev–Trinajstić information content (AvgIpc) is 3.43. The minimum Gasteiger partial charge on any atom is -0.381 e. The number of nitrogens with zero attached hydrogens (tertiary/aromatic N) is 2. The van der Waals surface area contributed by atoms with E-state index >= 15 is 0 Å². The van der Waals surface area contributed by atoms with Crippen molar-refractivity contribution >= 4 is 23.2 Å². The molecule has 0 aliphatic heterocycles. The van der Waals surface area contributed by atoms with E-state index in [-0.39, 0.29) is 22.4 Å². The number of carbonyl (C=O) groups is 1. The molecule has 1 aromatic heterocycles. The molecule has 2 N–H and O–H groups in total. The predicted molar refractivity (Wildman–Crippen MR) is 93.3 cm³/mol. The molecule has 126 valence electrons. The molecule has 0 saturated heterocycles. The van der Waals surface area contributed by atoms with Gasteiger partial charge in [0.05, 0.1) is 18.4 Å². The van der Waals surface area contributed by atoms with Gasteiger partial charge in [0.2, 0.25) is 5.91 Å². The van der Waals surface area contributed by atoms with Gasteiger partial charge in [-0.25, -0.2) is 4.68 Å². The standard InChI is InChI=1S/C17H19ClN4O2/c18-15-14(19-8-9-20-16(23)13-6-7-13)10-21-22(17(15)24)11-12-4-2-1-3-5-12/h1-5,10,13,19H,6-9,11H2,(H,20,23). The van der Waals surface area contributed by atoms with E-state index < -0.39 is 0 Å². The molecule has 3 rings (SSSR count). The molecule has 1 aromatic carbocycles. The van der Waals surface area contributed by atoms with E-state index in [9.17, 15) is 9.59 Å². The molecule has 0 radical (unpaired) electrons. The van der Waals surface area contributed by atoms with Crippen LogP contribution < -0.4 is 16.2 Å². The minimum absolute atomic E-state index is 0.0966. The predicted octanol–water partition coefficient (Wildman–Crippen LogP) is 1.88. The maximum Gasteiger partial charge on any atom is 0.287 e. The lowest BCUT2D eigenvalue weighted by Crippen LogP contribution is -2.30. The molecular weight excluding hydrogens is 328 g/mol. The largest absolute Gasteiger partial charge is 0.381 e. The van der Waals surface area contributed by atoms with Gasteiger partial charge in [0.15, 0.2) is 0 Å². The number of nitrogens with one attached hydrogen (secondary N) is 2. The van der Waals surface area contributed by atoms with Crippen LogP contribution in [0.4, 0.5) is 5.69 Å². The number of amides is 1. The van der Waals surface area contributed by atoms with Crippen molar-refractivity contribution < 1.29 is 4.79 Å². The van der Waals surface area contributed by atoms with Gasteiger partial charge in [-0.15, -0.1) is 0 Å². The topological polar surface area (TPSA) is 76.0 Å². The van der Waals surface area contributed by atoms with Crippen LogP contribution in [0.1, 0.15) is 18.4 Å². The Morgan fingerprint density at radius 2 is 2.00 bits per heavy atom. The fourth-order valence-electron chi connectivity index (χ4n) is 2.33. The first-order chi connectivity index (χ1) is 11.6. The monoisotopic (exact) mass is 346 g/mol. The summed E-state index contributed by atoms with van der Waals surface area (Å²) in [6.07, 6.45) is 3.50. The molecule has 1 aliphatic rings. The average molecular weight is 347 g/mol. The van der Waals surface area contributed by atoms with Crippen LogP contribution >= 0.6 is 11.6 Å². The maximum atomic E-state index is 12.3. The summed E-state index contributed by atoms with van der Waals surface area (Å²) < 4.78 is 1.33. The van der Waals surface area contributed by atoms with Crippen molar-refractivity contribution in [2.45, 2.75) is 19.4 Å². The zero-order valence-corrected chi connectivity index (χ0v) is 13.9. The molecule has 0 unspecified atom stereocenters. The smallest absolute Gasteiger partial charge is 0.287 e.